The van der Waals surface area contributed by atoms with Crippen molar-refractivity contribution in [3.05, 3.63) is 35.6 Å². The van der Waals surface area contributed by atoms with Gasteiger partial charge in [-0.15, -0.1) is 0 Å². The van der Waals surface area contributed by atoms with Gasteiger partial charge in [0.1, 0.15) is 5.82 Å². The lowest BCUT2D eigenvalue weighted by atomic mass is 10.0. The molecule has 14 heavy (non-hydrogen) atoms. The molecule has 0 atom stereocenters. The number of Topliss-reactive ketones (excluding diaryl/α,β-unsaturated/α-hetero) is 1. The van der Waals surface area contributed by atoms with Gasteiger partial charge < -0.3 is 0 Å². The number of nitrogens with zero attached hydrogens (tertiary/aromatic N) is 2. The average Bonchev–Trinajstić information content (AvgIpc) is 2.19. The van der Waals surface area contributed by atoms with Gasteiger partial charge in [-0.3, -0.25) is 4.79 Å². The fourth-order valence-corrected chi connectivity index (χ4v) is 0.955. The Labute approximate surface area is 80.0 Å². The highest BCUT2D eigenvalue weighted by molar-refractivity contribution is 6.00. The summed E-state index contributed by atoms with van der Waals surface area (Å²) in [7, 11) is 0. The van der Waals surface area contributed by atoms with Crippen molar-refractivity contribution in [2.75, 3.05) is 0 Å². The Kier molecular flexibility index (Phi) is 2.93. The topological polar surface area (TPSA) is 64.7 Å². The van der Waals surface area contributed by atoms with Crippen LogP contribution in [0.2, 0.25) is 0 Å². The molecule has 0 saturated heterocycles. The van der Waals surface area contributed by atoms with E-state index in [0.717, 1.165) is 6.07 Å². The van der Waals surface area contributed by atoms with E-state index in [9.17, 15) is 9.18 Å². The third-order valence-corrected chi connectivity index (χ3v) is 1.63. The minimum Gasteiger partial charge on any atom is -0.291 e. The summed E-state index contributed by atoms with van der Waals surface area (Å²) in [5.74, 6) is -2.60. The van der Waals surface area contributed by atoms with Crippen LogP contribution in [0.25, 0.3) is 0 Å². The Balaban J connectivity index is 3.03. The van der Waals surface area contributed by atoms with Gasteiger partial charge in [0.25, 0.3) is 0 Å². The maximum absolute atomic E-state index is 12.7. The number of benzene rings is 1. The second-order valence-electron chi connectivity index (χ2n) is 2.57. The molecule has 0 N–H and O–H groups in total. The predicted octanol–water partition coefficient (Wildman–Crippen LogP) is 1.67. The molecule has 0 radical (unpaired) electrons. The first-order valence-corrected chi connectivity index (χ1v) is 3.78. The van der Waals surface area contributed by atoms with Crippen LogP contribution in [-0.4, -0.2) is 5.78 Å². The van der Waals surface area contributed by atoms with Crippen molar-refractivity contribution in [2.24, 2.45) is 5.92 Å². The molecule has 4 heteroatoms. The standard InChI is InChI=1S/C10H5FN2O/c11-9-3-1-2-7(4-9)10(14)8(5-12)6-13/h1-4,8H. The summed E-state index contributed by atoms with van der Waals surface area (Å²) in [6.45, 7) is 0. The van der Waals surface area contributed by atoms with E-state index in [4.69, 9.17) is 10.5 Å². The molecule has 0 aliphatic heterocycles. The SMILES string of the molecule is N#CC(C#N)C(=O)c1cccc(F)c1. The van der Waals surface area contributed by atoms with Gasteiger partial charge in [0.2, 0.25) is 0 Å². The van der Waals surface area contributed by atoms with Gasteiger partial charge in [0.05, 0.1) is 12.1 Å². The van der Waals surface area contributed by atoms with Crippen LogP contribution in [0.1, 0.15) is 10.4 Å². The van der Waals surface area contributed by atoms with E-state index >= 15 is 0 Å². The molecule has 1 aromatic carbocycles. The van der Waals surface area contributed by atoms with Crippen LogP contribution in [0.5, 0.6) is 0 Å². The quantitative estimate of drug-likeness (QED) is 0.663. The average molecular weight is 188 g/mol. The summed E-state index contributed by atoms with van der Waals surface area (Å²) in [6.07, 6.45) is 0. The second kappa shape index (κ2) is 4.15. The lowest BCUT2D eigenvalue weighted by Crippen LogP contribution is -2.10. The van der Waals surface area contributed by atoms with Gasteiger partial charge in [-0.25, -0.2) is 4.39 Å². The van der Waals surface area contributed by atoms with E-state index in [-0.39, 0.29) is 5.56 Å². The Morgan fingerprint density at radius 3 is 2.50 bits per heavy atom. The molecule has 0 amide bonds. The number of hydrogen-bond acceptors (Lipinski definition) is 3. The summed E-state index contributed by atoms with van der Waals surface area (Å²) >= 11 is 0. The Morgan fingerprint density at radius 1 is 1.36 bits per heavy atom. The van der Waals surface area contributed by atoms with Crippen LogP contribution in [0.3, 0.4) is 0 Å². The molecule has 0 saturated carbocycles. The zero-order valence-electron chi connectivity index (χ0n) is 7.07. The van der Waals surface area contributed by atoms with E-state index in [1.54, 1.807) is 0 Å². The van der Waals surface area contributed by atoms with Crippen LogP contribution in [0.15, 0.2) is 24.3 Å². The molecule has 0 fully saturated rings. The fraction of sp³-hybridized carbons (Fsp3) is 0.100. The van der Waals surface area contributed by atoms with Gasteiger partial charge in [-0.1, -0.05) is 12.1 Å². The monoisotopic (exact) mass is 188 g/mol. The van der Waals surface area contributed by atoms with E-state index in [1.807, 2.05) is 0 Å². The van der Waals surface area contributed by atoms with Crippen molar-refractivity contribution in [1.29, 1.82) is 10.5 Å². The number of halogens is 1. The zero-order valence-corrected chi connectivity index (χ0v) is 7.07. The summed E-state index contributed by atoms with van der Waals surface area (Å²) in [5, 5.41) is 16.9. The predicted molar refractivity (Wildman–Crippen MR) is 45.4 cm³/mol. The Hall–Kier alpha value is -2.20. The molecular weight excluding hydrogens is 183 g/mol. The third kappa shape index (κ3) is 1.94. The Morgan fingerprint density at radius 2 is 2.00 bits per heavy atom. The Bertz CT molecular complexity index is 428. The van der Waals surface area contributed by atoms with Gasteiger partial charge in [-0.05, 0) is 12.1 Å². The highest BCUT2D eigenvalue weighted by Gasteiger charge is 2.18. The van der Waals surface area contributed by atoms with Crippen molar-refractivity contribution in [3.63, 3.8) is 0 Å². The van der Waals surface area contributed by atoms with Gasteiger partial charge in [0, 0.05) is 5.56 Å². The molecule has 0 bridgehead atoms. The summed E-state index contributed by atoms with van der Waals surface area (Å²) < 4.78 is 12.7. The first-order valence-electron chi connectivity index (χ1n) is 3.78. The van der Waals surface area contributed by atoms with E-state index in [1.165, 1.54) is 30.3 Å². The fourth-order valence-electron chi connectivity index (χ4n) is 0.955. The third-order valence-electron chi connectivity index (χ3n) is 1.63. The van der Waals surface area contributed by atoms with Gasteiger partial charge >= 0.3 is 0 Å². The van der Waals surface area contributed by atoms with Crippen molar-refractivity contribution < 1.29 is 9.18 Å². The minimum atomic E-state index is -1.36. The molecule has 1 rings (SSSR count). The van der Waals surface area contributed by atoms with Crippen molar-refractivity contribution in [2.45, 2.75) is 0 Å². The molecule has 68 valence electrons. The lowest BCUT2D eigenvalue weighted by Gasteiger charge is -1.99. The zero-order chi connectivity index (χ0) is 10.6. The van der Waals surface area contributed by atoms with E-state index < -0.39 is 17.5 Å². The molecule has 0 aliphatic carbocycles. The molecule has 0 spiro atoms. The van der Waals surface area contributed by atoms with Crippen molar-refractivity contribution in [3.8, 4) is 12.1 Å². The van der Waals surface area contributed by atoms with Crippen LogP contribution < -0.4 is 0 Å². The maximum atomic E-state index is 12.7. The number of ketones is 1. The molecule has 3 nitrogen and oxygen atoms in total. The highest BCUT2D eigenvalue weighted by Crippen LogP contribution is 2.09. The number of hydrogen-bond donors (Lipinski definition) is 0. The number of carbonyl (C=O) groups excluding carboxylic acids is 1. The number of nitriles is 2. The van der Waals surface area contributed by atoms with E-state index in [0.29, 0.717) is 0 Å². The summed E-state index contributed by atoms with van der Waals surface area (Å²) in [6, 6.07) is 7.99. The lowest BCUT2D eigenvalue weighted by molar-refractivity contribution is 0.0970. The normalized spacial score (nSPS) is 9.14. The maximum Gasteiger partial charge on any atom is 0.195 e. The molecule has 0 aliphatic rings. The van der Waals surface area contributed by atoms with E-state index in [2.05, 4.69) is 0 Å². The van der Waals surface area contributed by atoms with Gasteiger partial charge in [-0.2, -0.15) is 10.5 Å². The van der Waals surface area contributed by atoms with Crippen molar-refractivity contribution in [1.82, 2.24) is 0 Å². The van der Waals surface area contributed by atoms with Crippen LogP contribution in [0.4, 0.5) is 4.39 Å². The van der Waals surface area contributed by atoms with Crippen LogP contribution in [-0.2, 0) is 0 Å². The number of rotatable bonds is 2. The van der Waals surface area contributed by atoms with Crippen LogP contribution >= 0.6 is 0 Å². The van der Waals surface area contributed by atoms with Crippen LogP contribution in [0, 0.1) is 34.4 Å². The first kappa shape index (κ1) is 9.88. The highest BCUT2D eigenvalue weighted by atomic mass is 19.1. The minimum absolute atomic E-state index is 0.0399. The summed E-state index contributed by atoms with van der Waals surface area (Å²) in [4.78, 5) is 11.3. The summed E-state index contributed by atoms with van der Waals surface area (Å²) in [5.41, 5.74) is 0.0399. The molecule has 0 aromatic heterocycles. The largest absolute Gasteiger partial charge is 0.291 e. The second-order valence-corrected chi connectivity index (χ2v) is 2.57. The first-order chi connectivity index (χ1) is 6.69. The molecule has 0 heterocycles. The smallest absolute Gasteiger partial charge is 0.195 e. The molecule has 1 aromatic rings. The molecular formula is C10H5FN2O. The number of carbonyl (C=O) groups is 1. The van der Waals surface area contributed by atoms with Gasteiger partial charge in [0.15, 0.2) is 11.7 Å². The molecule has 0 unspecified atom stereocenters. The van der Waals surface area contributed by atoms with Crippen molar-refractivity contribution >= 4 is 5.78 Å².